The zero-order chi connectivity index (χ0) is 14.7. The molecule has 4 nitrogen and oxygen atoms in total. The van der Waals surface area contributed by atoms with Crippen molar-refractivity contribution >= 4 is 51.6 Å². The molecule has 0 atom stereocenters. The van der Waals surface area contributed by atoms with Crippen molar-refractivity contribution in [1.29, 1.82) is 0 Å². The second-order valence-corrected chi connectivity index (χ2v) is 5.97. The molecule has 0 aliphatic carbocycles. The smallest absolute Gasteiger partial charge is 0.338 e. The highest BCUT2D eigenvalue weighted by Gasteiger charge is 2.17. The quantitative estimate of drug-likeness (QED) is 0.831. The summed E-state index contributed by atoms with van der Waals surface area (Å²) in [5.74, 6) is -1.50. The third-order valence-corrected chi connectivity index (χ3v) is 4.43. The van der Waals surface area contributed by atoms with Crippen LogP contribution >= 0.6 is 34.7 Å². The van der Waals surface area contributed by atoms with Crippen molar-refractivity contribution in [1.82, 2.24) is 0 Å². The topological polar surface area (TPSA) is 66.4 Å². The maximum absolute atomic E-state index is 12.2. The van der Waals surface area contributed by atoms with Crippen LogP contribution in [0.3, 0.4) is 0 Å². The molecule has 1 amide bonds. The van der Waals surface area contributed by atoms with Crippen LogP contribution in [0.1, 0.15) is 20.7 Å². The van der Waals surface area contributed by atoms with E-state index in [1.807, 2.05) is 12.3 Å². The molecule has 1 heterocycles. The minimum absolute atomic E-state index is 0.0699. The molecule has 2 N–H and O–H groups in total. The fraction of sp³-hybridized carbons (Fsp3) is 0.0769. The van der Waals surface area contributed by atoms with E-state index in [-0.39, 0.29) is 5.56 Å². The molecule has 0 saturated carbocycles. The van der Waals surface area contributed by atoms with Gasteiger partial charge in [-0.3, -0.25) is 4.79 Å². The lowest BCUT2D eigenvalue weighted by molar-refractivity contribution is 0.0698. The maximum atomic E-state index is 12.2. The van der Waals surface area contributed by atoms with Crippen LogP contribution in [0.5, 0.6) is 0 Å². The molecule has 1 aromatic heterocycles. The Bertz CT molecular complexity index is 669. The number of anilines is 1. The predicted molar refractivity (Wildman–Crippen MR) is 82.5 cm³/mol. The van der Waals surface area contributed by atoms with E-state index < -0.39 is 11.9 Å². The second-order valence-electron chi connectivity index (χ2n) is 3.77. The molecule has 0 aliphatic rings. The van der Waals surface area contributed by atoms with Crippen molar-refractivity contribution in [2.45, 2.75) is 4.90 Å². The normalized spacial score (nSPS) is 10.3. The monoisotopic (exact) mass is 327 g/mol. The van der Waals surface area contributed by atoms with Gasteiger partial charge in [-0.2, -0.15) is 0 Å². The number of hydrogen-bond acceptors (Lipinski definition) is 4. The van der Waals surface area contributed by atoms with E-state index in [0.717, 1.165) is 16.2 Å². The number of carboxylic acid groups (broad SMARTS) is 1. The summed E-state index contributed by atoms with van der Waals surface area (Å²) < 4.78 is 0. The maximum Gasteiger partial charge on any atom is 0.338 e. The van der Waals surface area contributed by atoms with Gasteiger partial charge in [-0.05, 0) is 35.9 Å². The van der Waals surface area contributed by atoms with Crippen LogP contribution < -0.4 is 5.32 Å². The molecular weight excluding hydrogens is 318 g/mol. The first kappa shape index (κ1) is 14.9. The number of benzene rings is 1. The average Bonchev–Trinajstić information content (AvgIpc) is 2.87. The molecule has 0 fully saturated rings. The highest BCUT2D eigenvalue weighted by atomic mass is 35.5. The van der Waals surface area contributed by atoms with Crippen molar-refractivity contribution in [3.63, 3.8) is 0 Å². The van der Waals surface area contributed by atoms with E-state index >= 15 is 0 Å². The number of thiophene rings is 1. The minimum Gasteiger partial charge on any atom is -0.478 e. The number of carbonyl (C=O) groups is 2. The Morgan fingerprint density at radius 2 is 2.05 bits per heavy atom. The van der Waals surface area contributed by atoms with E-state index in [1.165, 1.54) is 17.8 Å². The Kier molecular flexibility index (Phi) is 4.69. The lowest BCUT2D eigenvalue weighted by Gasteiger charge is -2.07. The summed E-state index contributed by atoms with van der Waals surface area (Å²) in [7, 11) is 0. The highest BCUT2D eigenvalue weighted by molar-refractivity contribution is 7.98. The molecule has 0 unspecified atom stereocenters. The molecular formula is C13H10ClNO3S2. The molecule has 0 aliphatic heterocycles. The summed E-state index contributed by atoms with van der Waals surface area (Å²) in [6.45, 7) is 0. The first-order valence-electron chi connectivity index (χ1n) is 5.48. The summed E-state index contributed by atoms with van der Waals surface area (Å²) in [5.41, 5.74) is 0.392. The van der Waals surface area contributed by atoms with Gasteiger partial charge < -0.3 is 10.4 Å². The Morgan fingerprint density at radius 1 is 1.30 bits per heavy atom. The number of amides is 1. The number of hydrogen-bond donors (Lipinski definition) is 2. The van der Waals surface area contributed by atoms with Crippen molar-refractivity contribution in [2.75, 3.05) is 11.6 Å². The lowest BCUT2D eigenvalue weighted by Crippen LogP contribution is -2.13. The SMILES string of the molecule is CSc1ccc(Cl)c(C(=O)Nc2sccc2C(=O)O)c1. The second kappa shape index (κ2) is 6.30. The van der Waals surface area contributed by atoms with Crippen LogP contribution in [0.25, 0.3) is 0 Å². The first-order valence-corrected chi connectivity index (χ1v) is 7.97. The molecule has 0 spiro atoms. The Balaban J connectivity index is 2.28. The number of carbonyl (C=O) groups excluding carboxylic acids is 1. The molecule has 2 rings (SSSR count). The number of aromatic carboxylic acids is 1. The van der Waals surface area contributed by atoms with Crippen LogP contribution in [-0.4, -0.2) is 23.2 Å². The molecule has 2 aromatic rings. The molecule has 0 bridgehead atoms. The van der Waals surface area contributed by atoms with Gasteiger partial charge in [0.1, 0.15) is 5.00 Å². The van der Waals surface area contributed by atoms with Crippen LogP contribution in [0.15, 0.2) is 34.5 Å². The van der Waals surface area contributed by atoms with Gasteiger partial charge in [0.15, 0.2) is 0 Å². The fourth-order valence-electron chi connectivity index (χ4n) is 1.55. The number of halogens is 1. The lowest BCUT2D eigenvalue weighted by atomic mass is 10.2. The highest BCUT2D eigenvalue weighted by Crippen LogP contribution is 2.27. The number of thioether (sulfide) groups is 1. The van der Waals surface area contributed by atoms with Crippen molar-refractivity contribution < 1.29 is 14.7 Å². The summed E-state index contributed by atoms with van der Waals surface area (Å²) in [4.78, 5) is 24.1. The van der Waals surface area contributed by atoms with Gasteiger partial charge in [0.25, 0.3) is 5.91 Å². The van der Waals surface area contributed by atoms with Gasteiger partial charge in [0.05, 0.1) is 16.1 Å². The summed E-state index contributed by atoms with van der Waals surface area (Å²) >= 11 is 8.66. The van der Waals surface area contributed by atoms with Crippen molar-refractivity contribution in [3.8, 4) is 0 Å². The van der Waals surface area contributed by atoms with E-state index in [9.17, 15) is 9.59 Å². The van der Waals surface area contributed by atoms with Gasteiger partial charge in [-0.25, -0.2) is 4.79 Å². The van der Waals surface area contributed by atoms with Gasteiger partial charge >= 0.3 is 5.97 Å². The van der Waals surface area contributed by atoms with E-state index in [2.05, 4.69) is 5.32 Å². The van der Waals surface area contributed by atoms with Crippen molar-refractivity contribution in [2.24, 2.45) is 0 Å². The molecule has 7 heteroatoms. The van der Waals surface area contributed by atoms with Gasteiger partial charge in [-0.1, -0.05) is 11.6 Å². The zero-order valence-corrected chi connectivity index (χ0v) is 12.7. The summed E-state index contributed by atoms with van der Waals surface area (Å²) in [5, 5.41) is 13.8. The molecule has 0 saturated heterocycles. The Hall–Kier alpha value is -1.50. The third-order valence-electron chi connectivity index (χ3n) is 2.54. The molecule has 1 aromatic carbocycles. The predicted octanol–water partition coefficient (Wildman–Crippen LogP) is 4.07. The standard InChI is InChI=1S/C13H10ClNO3S2/c1-19-7-2-3-10(14)9(6-7)11(16)15-12-8(13(17)18)4-5-20-12/h2-6H,1H3,(H,15,16)(H,17,18). The summed E-state index contributed by atoms with van der Waals surface area (Å²) in [6.07, 6.45) is 1.90. The van der Waals surface area contributed by atoms with Gasteiger partial charge in [0.2, 0.25) is 0 Å². The number of carboxylic acids is 1. The third kappa shape index (κ3) is 3.15. The van der Waals surface area contributed by atoms with E-state index in [1.54, 1.807) is 17.5 Å². The average molecular weight is 328 g/mol. The van der Waals surface area contributed by atoms with Gasteiger partial charge in [0, 0.05) is 4.90 Å². The van der Waals surface area contributed by atoms with E-state index in [0.29, 0.717) is 15.6 Å². The Labute approximate surface area is 128 Å². The van der Waals surface area contributed by atoms with E-state index in [4.69, 9.17) is 16.7 Å². The van der Waals surface area contributed by atoms with Crippen LogP contribution in [0.4, 0.5) is 5.00 Å². The van der Waals surface area contributed by atoms with Crippen LogP contribution in [-0.2, 0) is 0 Å². The number of nitrogens with one attached hydrogen (secondary N) is 1. The fourth-order valence-corrected chi connectivity index (χ4v) is 2.97. The largest absolute Gasteiger partial charge is 0.478 e. The molecule has 20 heavy (non-hydrogen) atoms. The van der Waals surface area contributed by atoms with Crippen LogP contribution in [0.2, 0.25) is 5.02 Å². The van der Waals surface area contributed by atoms with Crippen molar-refractivity contribution in [3.05, 3.63) is 45.8 Å². The molecule has 0 radical (unpaired) electrons. The summed E-state index contributed by atoms with van der Waals surface area (Å²) in [6, 6.07) is 6.59. The first-order chi connectivity index (χ1) is 9.52. The van der Waals surface area contributed by atoms with Gasteiger partial charge in [-0.15, -0.1) is 23.1 Å². The Morgan fingerprint density at radius 3 is 2.70 bits per heavy atom. The van der Waals surface area contributed by atoms with Crippen LogP contribution in [0, 0.1) is 0 Å². The minimum atomic E-state index is -1.08. The zero-order valence-electron chi connectivity index (χ0n) is 10.3. The molecule has 104 valence electrons. The number of rotatable bonds is 4.